The molecule has 2 N–H and O–H groups in total. The van der Waals surface area contributed by atoms with Gasteiger partial charge in [-0.2, -0.15) is 0 Å². The molecule has 112 valence electrons. The number of carboxylic acids is 1. The van der Waals surface area contributed by atoms with Crippen molar-refractivity contribution in [3.63, 3.8) is 0 Å². The number of aromatic nitrogens is 1. The second kappa shape index (κ2) is 6.53. The summed E-state index contributed by atoms with van der Waals surface area (Å²) in [5, 5.41) is 12.0. The lowest BCUT2D eigenvalue weighted by Gasteiger charge is -2.22. The highest BCUT2D eigenvalue weighted by Crippen LogP contribution is 2.29. The molecule has 0 aliphatic rings. The Kier molecular flexibility index (Phi) is 5.52. The molecule has 1 atom stereocenters. The number of rotatable bonds is 4. The van der Waals surface area contributed by atoms with Crippen LogP contribution >= 0.6 is 27.3 Å². The summed E-state index contributed by atoms with van der Waals surface area (Å²) in [7, 11) is 0. The second-order valence-corrected chi connectivity index (χ2v) is 7.56. The molecule has 8 heteroatoms. The van der Waals surface area contributed by atoms with Gasteiger partial charge < -0.3 is 15.2 Å². The first-order valence-electron chi connectivity index (χ1n) is 5.92. The van der Waals surface area contributed by atoms with E-state index in [1.54, 1.807) is 27.7 Å². The Balaban J connectivity index is 2.85. The minimum atomic E-state index is -1.02. The molecule has 0 aromatic carbocycles. The number of thiazole rings is 1. The molecule has 1 rings (SSSR count). The third kappa shape index (κ3) is 5.46. The van der Waals surface area contributed by atoms with Crippen LogP contribution in [0, 0.1) is 6.92 Å². The van der Waals surface area contributed by atoms with Crippen LogP contribution in [0.3, 0.4) is 0 Å². The summed E-state index contributed by atoms with van der Waals surface area (Å²) in [4.78, 5) is 26.9. The van der Waals surface area contributed by atoms with Gasteiger partial charge in [-0.15, -0.1) is 11.3 Å². The van der Waals surface area contributed by atoms with Gasteiger partial charge in [-0.3, -0.25) is 4.79 Å². The molecular weight excluding hydrogens is 348 g/mol. The highest BCUT2D eigenvalue weighted by Gasteiger charge is 2.25. The van der Waals surface area contributed by atoms with E-state index in [1.807, 2.05) is 0 Å². The summed E-state index contributed by atoms with van der Waals surface area (Å²) in [6, 6.07) is -0.711. The van der Waals surface area contributed by atoms with Crippen molar-refractivity contribution in [3.05, 3.63) is 14.5 Å². The number of amides is 1. The van der Waals surface area contributed by atoms with Crippen molar-refractivity contribution in [2.24, 2.45) is 0 Å². The van der Waals surface area contributed by atoms with Crippen LogP contribution in [0.1, 0.15) is 43.9 Å². The molecule has 0 aliphatic carbocycles. The third-order valence-corrected chi connectivity index (χ3v) is 4.24. The smallest absolute Gasteiger partial charge is 0.408 e. The number of alkyl carbamates (subject to hydrolysis) is 1. The number of hydrogen-bond donors (Lipinski definition) is 2. The molecule has 1 aromatic heterocycles. The molecule has 0 saturated carbocycles. The molecule has 0 fully saturated rings. The van der Waals surface area contributed by atoms with Gasteiger partial charge in [0.2, 0.25) is 0 Å². The average Bonchev–Trinajstić information content (AvgIpc) is 2.54. The molecule has 0 bridgehead atoms. The lowest BCUT2D eigenvalue weighted by molar-refractivity contribution is -0.137. The van der Waals surface area contributed by atoms with Gasteiger partial charge in [-0.25, -0.2) is 9.78 Å². The maximum atomic E-state index is 11.8. The van der Waals surface area contributed by atoms with Crippen LogP contribution < -0.4 is 5.32 Å². The standard InChI is InChI=1S/C12H17BrN2O4S/c1-6-9(13)20-10(14-6)7(5-8(16)17)15-11(18)19-12(2,3)4/h7H,5H2,1-4H3,(H,15,18)(H,16,17). The lowest BCUT2D eigenvalue weighted by atomic mass is 10.2. The van der Waals surface area contributed by atoms with E-state index in [1.165, 1.54) is 11.3 Å². The van der Waals surface area contributed by atoms with Crippen molar-refractivity contribution in [3.8, 4) is 0 Å². The Morgan fingerprint density at radius 1 is 1.50 bits per heavy atom. The number of nitrogens with one attached hydrogen (secondary N) is 1. The van der Waals surface area contributed by atoms with Crippen molar-refractivity contribution < 1.29 is 19.4 Å². The lowest BCUT2D eigenvalue weighted by Crippen LogP contribution is -2.35. The van der Waals surface area contributed by atoms with E-state index in [9.17, 15) is 9.59 Å². The van der Waals surface area contributed by atoms with Crippen LogP contribution in [-0.4, -0.2) is 27.8 Å². The van der Waals surface area contributed by atoms with Gasteiger partial charge in [-0.05, 0) is 43.6 Å². The minimum Gasteiger partial charge on any atom is -0.481 e. The predicted octanol–water partition coefficient (Wildman–Crippen LogP) is 3.25. The molecule has 0 saturated heterocycles. The van der Waals surface area contributed by atoms with Gasteiger partial charge >= 0.3 is 12.1 Å². The molecule has 20 heavy (non-hydrogen) atoms. The predicted molar refractivity (Wildman–Crippen MR) is 78.9 cm³/mol. The fraction of sp³-hybridized carbons (Fsp3) is 0.583. The summed E-state index contributed by atoms with van der Waals surface area (Å²) in [5.74, 6) is -1.02. The van der Waals surface area contributed by atoms with Crippen LogP contribution in [0.15, 0.2) is 3.79 Å². The first kappa shape index (κ1) is 16.9. The number of carbonyl (C=O) groups is 2. The van der Waals surface area contributed by atoms with E-state index >= 15 is 0 Å². The Morgan fingerprint density at radius 3 is 2.50 bits per heavy atom. The number of halogens is 1. The zero-order valence-electron chi connectivity index (χ0n) is 11.7. The van der Waals surface area contributed by atoms with Gasteiger partial charge in [-0.1, -0.05) is 0 Å². The molecule has 1 amide bonds. The number of aliphatic carboxylic acids is 1. The number of nitrogens with zero attached hydrogens (tertiary/aromatic N) is 1. The minimum absolute atomic E-state index is 0.251. The van der Waals surface area contributed by atoms with E-state index in [2.05, 4.69) is 26.2 Å². The molecule has 6 nitrogen and oxygen atoms in total. The Morgan fingerprint density at radius 2 is 2.10 bits per heavy atom. The van der Waals surface area contributed by atoms with Gasteiger partial charge in [0.05, 0.1) is 21.9 Å². The fourth-order valence-electron chi connectivity index (χ4n) is 1.37. The summed E-state index contributed by atoms with van der Waals surface area (Å²) in [5.41, 5.74) is 0.114. The van der Waals surface area contributed by atoms with Gasteiger partial charge in [0.15, 0.2) is 0 Å². The number of carboxylic acid groups (broad SMARTS) is 1. The molecular formula is C12H17BrN2O4S. The normalized spacial score (nSPS) is 12.8. The van der Waals surface area contributed by atoms with Crippen LogP contribution in [-0.2, 0) is 9.53 Å². The zero-order valence-corrected chi connectivity index (χ0v) is 14.1. The Hall–Kier alpha value is -1.15. The van der Waals surface area contributed by atoms with Crippen molar-refractivity contribution in [1.82, 2.24) is 10.3 Å². The second-order valence-electron chi connectivity index (χ2n) is 5.21. The molecule has 1 aromatic rings. The highest BCUT2D eigenvalue weighted by molar-refractivity contribution is 9.11. The first-order chi connectivity index (χ1) is 9.08. The van der Waals surface area contributed by atoms with E-state index in [4.69, 9.17) is 9.84 Å². The quantitative estimate of drug-likeness (QED) is 0.855. The maximum absolute atomic E-state index is 11.8. The zero-order chi connectivity index (χ0) is 15.5. The average molecular weight is 365 g/mol. The number of ether oxygens (including phenoxy) is 1. The topological polar surface area (TPSA) is 88.5 Å². The van der Waals surface area contributed by atoms with Crippen molar-refractivity contribution >= 4 is 39.3 Å². The summed E-state index contributed by atoms with van der Waals surface area (Å²) >= 11 is 4.63. The van der Waals surface area contributed by atoms with Crippen LogP contribution in [0.2, 0.25) is 0 Å². The van der Waals surface area contributed by atoms with E-state index in [0.29, 0.717) is 5.01 Å². The molecule has 1 unspecified atom stereocenters. The van der Waals surface area contributed by atoms with Crippen molar-refractivity contribution in [2.75, 3.05) is 0 Å². The van der Waals surface area contributed by atoms with E-state index in [0.717, 1.165) is 9.48 Å². The molecule has 0 radical (unpaired) electrons. The maximum Gasteiger partial charge on any atom is 0.408 e. The largest absolute Gasteiger partial charge is 0.481 e. The van der Waals surface area contributed by atoms with Crippen LogP contribution in [0.5, 0.6) is 0 Å². The molecule has 0 aliphatic heterocycles. The summed E-state index contributed by atoms with van der Waals surface area (Å²) in [6.07, 6.45) is -0.911. The third-order valence-electron chi connectivity index (χ3n) is 2.12. The molecule has 1 heterocycles. The Bertz CT molecular complexity index is 491. The van der Waals surface area contributed by atoms with E-state index < -0.39 is 23.7 Å². The van der Waals surface area contributed by atoms with Gasteiger partial charge in [0, 0.05) is 0 Å². The van der Waals surface area contributed by atoms with E-state index in [-0.39, 0.29) is 6.42 Å². The number of aryl methyl sites for hydroxylation is 1. The van der Waals surface area contributed by atoms with Crippen molar-refractivity contribution in [2.45, 2.75) is 45.8 Å². The first-order valence-corrected chi connectivity index (χ1v) is 7.53. The van der Waals surface area contributed by atoms with Crippen LogP contribution in [0.4, 0.5) is 4.79 Å². The molecule has 0 spiro atoms. The SMILES string of the molecule is Cc1nc(C(CC(=O)O)NC(=O)OC(C)(C)C)sc1Br. The Labute approximate surface area is 129 Å². The van der Waals surface area contributed by atoms with Gasteiger partial charge in [0.25, 0.3) is 0 Å². The summed E-state index contributed by atoms with van der Waals surface area (Å²) < 4.78 is 5.94. The van der Waals surface area contributed by atoms with Gasteiger partial charge in [0.1, 0.15) is 10.6 Å². The fourth-order valence-corrected chi connectivity index (χ4v) is 2.80. The van der Waals surface area contributed by atoms with Crippen LogP contribution in [0.25, 0.3) is 0 Å². The monoisotopic (exact) mass is 364 g/mol. The number of hydrogen-bond acceptors (Lipinski definition) is 5. The highest BCUT2D eigenvalue weighted by atomic mass is 79.9. The van der Waals surface area contributed by atoms with Crippen molar-refractivity contribution in [1.29, 1.82) is 0 Å². The number of carbonyl (C=O) groups excluding carboxylic acids is 1. The summed E-state index contributed by atoms with van der Waals surface area (Å²) in [6.45, 7) is 7.02.